The van der Waals surface area contributed by atoms with Crippen molar-refractivity contribution >= 4 is 11.6 Å². The Labute approximate surface area is 128 Å². The summed E-state index contributed by atoms with van der Waals surface area (Å²) in [5.74, 6) is 0.758. The van der Waals surface area contributed by atoms with Gasteiger partial charge in [0.05, 0.1) is 11.7 Å². The van der Waals surface area contributed by atoms with Gasteiger partial charge in [-0.2, -0.15) is 0 Å². The third-order valence-corrected chi connectivity index (χ3v) is 3.69. The van der Waals surface area contributed by atoms with Gasteiger partial charge in [-0.15, -0.1) is 0 Å². The SMILES string of the molecule is Cc1[nH]c(C(N)c2ccccc2)nc1-c1cccc(Cl)c1. The Morgan fingerprint density at radius 3 is 2.57 bits per heavy atom. The normalized spacial score (nSPS) is 12.3. The topological polar surface area (TPSA) is 54.7 Å². The van der Waals surface area contributed by atoms with Crippen LogP contribution in [0, 0.1) is 6.92 Å². The molecule has 3 aromatic rings. The van der Waals surface area contributed by atoms with Gasteiger partial charge in [0, 0.05) is 16.3 Å². The molecule has 106 valence electrons. The zero-order valence-electron chi connectivity index (χ0n) is 11.7. The van der Waals surface area contributed by atoms with Crippen molar-refractivity contribution in [2.45, 2.75) is 13.0 Å². The van der Waals surface area contributed by atoms with Gasteiger partial charge in [-0.25, -0.2) is 4.98 Å². The third-order valence-electron chi connectivity index (χ3n) is 3.45. The summed E-state index contributed by atoms with van der Waals surface area (Å²) < 4.78 is 0. The van der Waals surface area contributed by atoms with Crippen LogP contribution < -0.4 is 5.73 Å². The highest BCUT2D eigenvalue weighted by Crippen LogP contribution is 2.26. The maximum absolute atomic E-state index is 6.29. The molecule has 3 nitrogen and oxygen atoms in total. The van der Waals surface area contributed by atoms with Crippen LogP contribution in [0.25, 0.3) is 11.3 Å². The molecule has 21 heavy (non-hydrogen) atoms. The predicted octanol–water partition coefficient (Wildman–Crippen LogP) is 4.09. The van der Waals surface area contributed by atoms with E-state index in [9.17, 15) is 0 Å². The molecule has 3 N–H and O–H groups in total. The van der Waals surface area contributed by atoms with E-state index >= 15 is 0 Å². The van der Waals surface area contributed by atoms with Crippen molar-refractivity contribution < 1.29 is 0 Å². The number of benzene rings is 2. The summed E-state index contributed by atoms with van der Waals surface area (Å²) in [4.78, 5) is 7.94. The summed E-state index contributed by atoms with van der Waals surface area (Å²) in [5.41, 5.74) is 10.2. The van der Waals surface area contributed by atoms with E-state index in [0.717, 1.165) is 28.3 Å². The molecule has 0 fully saturated rings. The number of aromatic amines is 1. The molecule has 0 saturated heterocycles. The van der Waals surface area contributed by atoms with E-state index < -0.39 is 0 Å². The first-order valence-corrected chi connectivity index (χ1v) is 7.16. The maximum atomic E-state index is 6.29. The second kappa shape index (κ2) is 5.72. The fraction of sp³-hybridized carbons (Fsp3) is 0.118. The number of nitrogens with one attached hydrogen (secondary N) is 1. The van der Waals surface area contributed by atoms with Crippen LogP contribution in [0.4, 0.5) is 0 Å². The molecular formula is C17H16ClN3. The number of hydrogen-bond donors (Lipinski definition) is 2. The number of aromatic nitrogens is 2. The number of nitrogens with zero attached hydrogens (tertiary/aromatic N) is 1. The first-order chi connectivity index (χ1) is 10.1. The minimum atomic E-state index is -0.266. The van der Waals surface area contributed by atoms with Crippen molar-refractivity contribution in [2.24, 2.45) is 5.73 Å². The monoisotopic (exact) mass is 297 g/mol. The molecule has 0 aliphatic carbocycles. The highest BCUT2D eigenvalue weighted by molar-refractivity contribution is 6.30. The third kappa shape index (κ3) is 2.84. The van der Waals surface area contributed by atoms with Gasteiger partial charge in [0.2, 0.25) is 0 Å². The van der Waals surface area contributed by atoms with Crippen LogP contribution in [0.5, 0.6) is 0 Å². The molecule has 1 aromatic heterocycles. The molecule has 0 aliphatic heterocycles. The summed E-state index contributed by atoms with van der Waals surface area (Å²) in [6.45, 7) is 1.99. The summed E-state index contributed by atoms with van der Waals surface area (Å²) in [7, 11) is 0. The van der Waals surface area contributed by atoms with Gasteiger partial charge in [0.15, 0.2) is 0 Å². The number of hydrogen-bond acceptors (Lipinski definition) is 2. The van der Waals surface area contributed by atoms with E-state index in [-0.39, 0.29) is 6.04 Å². The van der Waals surface area contributed by atoms with Crippen molar-refractivity contribution in [1.29, 1.82) is 0 Å². The van der Waals surface area contributed by atoms with E-state index in [2.05, 4.69) is 9.97 Å². The van der Waals surface area contributed by atoms with Crippen LogP contribution >= 0.6 is 11.6 Å². The number of rotatable bonds is 3. The second-order valence-corrected chi connectivity index (χ2v) is 5.43. The van der Waals surface area contributed by atoms with Crippen LogP contribution in [-0.2, 0) is 0 Å². The Morgan fingerprint density at radius 1 is 1.10 bits per heavy atom. The number of halogens is 1. The lowest BCUT2D eigenvalue weighted by Gasteiger charge is -2.08. The van der Waals surface area contributed by atoms with Crippen LogP contribution in [0.2, 0.25) is 5.02 Å². The van der Waals surface area contributed by atoms with Crippen LogP contribution in [0.3, 0.4) is 0 Å². The molecule has 0 spiro atoms. The van der Waals surface area contributed by atoms with Gasteiger partial charge < -0.3 is 10.7 Å². The summed E-state index contributed by atoms with van der Waals surface area (Å²) >= 11 is 6.05. The van der Waals surface area contributed by atoms with Crippen molar-refractivity contribution in [2.75, 3.05) is 0 Å². The second-order valence-electron chi connectivity index (χ2n) is 4.99. The average Bonchev–Trinajstić information content (AvgIpc) is 2.89. The zero-order valence-corrected chi connectivity index (χ0v) is 12.4. The summed E-state index contributed by atoms with van der Waals surface area (Å²) in [6.07, 6.45) is 0. The molecule has 3 rings (SSSR count). The molecule has 0 radical (unpaired) electrons. The van der Waals surface area contributed by atoms with Gasteiger partial charge in [-0.1, -0.05) is 54.1 Å². The zero-order chi connectivity index (χ0) is 14.8. The molecule has 0 amide bonds. The number of aryl methyl sites for hydroxylation is 1. The quantitative estimate of drug-likeness (QED) is 0.765. The lowest BCUT2D eigenvalue weighted by atomic mass is 10.1. The number of nitrogens with two attached hydrogens (primary N) is 1. The van der Waals surface area contributed by atoms with E-state index in [1.807, 2.05) is 61.5 Å². The smallest absolute Gasteiger partial charge is 0.128 e. The first kappa shape index (κ1) is 13.9. The lowest BCUT2D eigenvalue weighted by Crippen LogP contribution is -2.13. The highest BCUT2D eigenvalue weighted by Gasteiger charge is 2.16. The van der Waals surface area contributed by atoms with Crippen LogP contribution in [0.15, 0.2) is 54.6 Å². The minimum absolute atomic E-state index is 0.266. The largest absolute Gasteiger partial charge is 0.344 e. The molecule has 4 heteroatoms. The van der Waals surface area contributed by atoms with Crippen molar-refractivity contribution in [1.82, 2.24) is 9.97 Å². The predicted molar refractivity (Wildman–Crippen MR) is 86.2 cm³/mol. The van der Waals surface area contributed by atoms with Gasteiger partial charge in [-0.05, 0) is 24.6 Å². The Morgan fingerprint density at radius 2 is 1.86 bits per heavy atom. The van der Waals surface area contributed by atoms with E-state index in [1.165, 1.54) is 0 Å². The van der Waals surface area contributed by atoms with Crippen LogP contribution in [0.1, 0.15) is 23.1 Å². The number of imidazole rings is 1. The molecule has 1 heterocycles. The van der Waals surface area contributed by atoms with Gasteiger partial charge in [0.1, 0.15) is 5.82 Å². The fourth-order valence-electron chi connectivity index (χ4n) is 2.37. The standard InChI is InChI=1S/C17H16ClN3/c1-11-16(13-8-5-9-14(18)10-13)21-17(20-11)15(19)12-6-3-2-4-7-12/h2-10,15H,19H2,1H3,(H,20,21). The Bertz CT molecular complexity index is 750. The molecule has 0 aliphatic rings. The Kier molecular flexibility index (Phi) is 3.78. The van der Waals surface area contributed by atoms with Gasteiger partial charge in [0.25, 0.3) is 0 Å². The maximum Gasteiger partial charge on any atom is 0.128 e. The van der Waals surface area contributed by atoms with E-state index in [0.29, 0.717) is 5.02 Å². The van der Waals surface area contributed by atoms with E-state index in [4.69, 9.17) is 17.3 Å². The molecule has 0 saturated carbocycles. The molecular weight excluding hydrogens is 282 g/mol. The molecule has 1 atom stereocenters. The lowest BCUT2D eigenvalue weighted by molar-refractivity contribution is 0.799. The molecule has 1 unspecified atom stereocenters. The summed E-state index contributed by atoms with van der Waals surface area (Å²) in [5, 5.41) is 0.698. The Balaban J connectivity index is 1.98. The van der Waals surface area contributed by atoms with Crippen molar-refractivity contribution in [3.63, 3.8) is 0 Å². The minimum Gasteiger partial charge on any atom is -0.344 e. The van der Waals surface area contributed by atoms with Crippen LogP contribution in [-0.4, -0.2) is 9.97 Å². The van der Waals surface area contributed by atoms with Crippen molar-refractivity contribution in [3.8, 4) is 11.3 Å². The molecule has 0 bridgehead atoms. The van der Waals surface area contributed by atoms with Crippen molar-refractivity contribution in [3.05, 3.63) is 76.7 Å². The van der Waals surface area contributed by atoms with E-state index in [1.54, 1.807) is 0 Å². The summed E-state index contributed by atoms with van der Waals surface area (Å²) in [6, 6.07) is 17.3. The van der Waals surface area contributed by atoms with Gasteiger partial charge in [-0.3, -0.25) is 0 Å². The average molecular weight is 298 g/mol. The first-order valence-electron chi connectivity index (χ1n) is 6.78. The molecule has 2 aromatic carbocycles. The highest BCUT2D eigenvalue weighted by atomic mass is 35.5. The Hall–Kier alpha value is -2.10. The van der Waals surface area contributed by atoms with Gasteiger partial charge >= 0.3 is 0 Å². The fourth-order valence-corrected chi connectivity index (χ4v) is 2.56. The number of H-pyrrole nitrogens is 1.